The van der Waals surface area contributed by atoms with Crippen molar-refractivity contribution >= 4 is 27.2 Å². The number of rotatable bonds is 6. The Morgan fingerprint density at radius 1 is 1.00 bits per heavy atom. The van der Waals surface area contributed by atoms with E-state index in [-0.39, 0.29) is 0 Å². The van der Waals surface area contributed by atoms with E-state index in [4.69, 9.17) is 19.6 Å². The van der Waals surface area contributed by atoms with Crippen LogP contribution in [0.2, 0.25) is 0 Å². The zero-order valence-electron chi connectivity index (χ0n) is 20.5. The maximum Gasteiger partial charge on any atom is 0.156 e. The summed E-state index contributed by atoms with van der Waals surface area (Å²) >= 11 is 1.84. The third-order valence-corrected chi connectivity index (χ3v) is 7.95. The number of hydrogen-bond acceptors (Lipinski definition) is 8. The summed E-state index contributed by atoms with van der Waals surface area (Å²) in [5.41, 5.74) is 4.91. The van der Waals surface area contributed by atoms with Gasteiger partial charge in [0.15, 0.2) is 5.82 Å². The van der Waals surface area contributed by atoms with Crippen LogP contribution < -0.4 is 4.90 Å². The fourth-order valence-electron chi connectivity index (χ4n) is 4.82. The van der Waals surface area contributed by atoms with Gasteiger partial charge in [-0.05, 0) is 30.7 Å². The molecule has 6 rings (SSSR count). The second kappa shape index (κ2) is 10.3. The first-order chi connectivity index (χ1) is 17.6. The quantitative estimate of drug-likeness (QED) is 0.426. The van der Waals surface area contributed by atoms with Crippen molar-refractivity contribution in [2.45, 2.75) is 19.6 Å². The van der Waals surface area contributed by atoms with Crippen LogP contribution in [0, 0.1) is 0 Å². The molecular formula is C27H31N5O3S. The predicted molar refractivity (Wildman–Crippen MR) is 142 cm³/mol. The minimum absolute atomic E-state index is 0.516. The van der Waals surface area contributed by atoms with Gasteiger partial charge in [0.2, 0.25) is 0 Å². The van der Waals surface area contributed by atoms with Crippen molar-refractivity contribution in [1.82, 2.24) is 19.7 Å². The number of benzene rings is 1. The Labute approximate surface area is 214 Å². The maximum absolute atomic E-state index is 9.98. The zero-order valence-corrected chi connectivity index (χ0v) is 21.3. The van der Waals surface area contributed by atoms with Crippen molar-refractivity contribution < 1.29 is 14.6 Å². The van der Waals surface area contributed by atoms with E-state index in [1.54, 1.807) is 6.92 Å². The van der Waals surface area contributed by atoms with Gasteiger partial charge in [-0.15, -0.1) is 11.3 Å². The molecule has 188 valence electrons. The van der Waals surface area contributed by atoms with Crippen LogP contribution in [0.25, 0.3) is 27.3 Å². The molecule has 1 atom stereocenters. The Balaban J connectivity index is 1.37. The van der Waals surface area contributed by atoms with E-state index in [0.717, 1.165) is 87.3 Å². The first-order valence-corrected chi connectivity index (χ1v) is 13.4. The van der Waals surface area contributed by atoms with Crippen LogP contribution in [0.5, 0.6) is 0 Å². The number of aliphatic hydroxyl groups is 1. The lowest BCUT2D eigenvalue weighted by Crippen LogP contribution is -2.36. The van der Waals surface area contributed by atoms with Gasteiger partial charge in [0.1, 0.15) is 0 Å². The lowest BCUT2D eigenvalue weighted by Gasteiger charge is -2.29. The number of fused-ring (bicyclic) bond motifs is 1. The highest BCUT2D eigenvalue weighted by molar-refractivity contribution is 7.19. The van der Waals surface area contributed by atoms with Gasteiger partial charge in [-0.25, -0.2) is 9.67 Å². The monoisotopic (exact) mass is 505 g/mol. The molecule has 4 aromatic rings. The van der Waals surface area contributed by atoms with Crippen molar-refractivity contribution in [1.29, 1.82) is 0 Å². The van der Waals surface area contributed by atoms with Gasteiger partial charge in [0.25, 0.3) is 0 Å². The minimum Gasteiger partial charge on any atom is -0.389 e. The first-order valence-electron chi connectivity index (χ1n) is 12.5. The molecular weight excluding hydrogens is 474 g/mol. The molecule has 2 fully saturated rings. The predicted octanol–water partition coefficient (Wildman–Crippen LogP) is 3.87. The Morgan fingerprint density at radius 3 is 2.56 bits per heavy atom. The van der Waals surface area contributed by atoms with Gasteiger partial charge in [-0.3, -0.25) is 4.90 Å². The van der Waals surface area contributed by atoms with Gasteiger partial charge < -0.3 is 19.5 Å². The molecule has 0 bridgehead atoms. The van der Waals surface area contributed by atoms with Crippen molar-refractivity contribution in [3.05, 3.63) is 59.1 Å². The second-order valence-electron chi connectivity index (χ2n) is 9.36. The highest BCUT2D eigenvalue weighted by Gasteiger charge is 2.20. The van der Waals surface area contributed by atoms with Gasteiger partial charge in [-0.2, -0.15) is 5.10 Å². The molecule has 2 saturated heterocycles. The van der Waals surface area contributed by atoms with Crippen molar-refractivity contribution in [3.8, 4) is 17.1 Å². The van der Waals surface area contributed by atoms with E-state index in [0.29, 0.717) is 0 Å². The summed E-state index contributed by atoms with van der Waals surface area (Å²) < 4.78 is 14.2. The average Bonchev–Trinajstić information content (AvgIpc) is 3.56. The van der Waals surface area contributed by atoms with Gasteiger partial charge in [0.05, 0.1) is 54.1 Å². The third kappa shape index (κ3) is 4.89. The van der Waals surface area contributed by atoms with Crippen LogP contribution in [0.15, 0.2) is 48.7 Å². The van der Waals surface area contributed by atoms with Gasteiger partial charge in [0, 0.05) is 55.4 Å². The summed E-state index contributed by atoms with van der Waals surface area (Å²) in [5.74, 6) is 0.803. The van der Waals surface area contributed by atoms with Crippen LogP contribution in [-0.4, -0.2) is 77.4 Å². The molecule has 1 aromatic carbocycles. The summed E-state index contributed by atoms with van der Waals surface area (Å²) in [6.07, 6.45) is 1.44. The van der Waals surface area contributed by atoms with E-state index < -0.39 is 6.10 Å². The second-order valence-corrected chi connectivity index (χ2v) is 10.5. The maximum atomic E-state index is 9.98. The van der Waals surface area contributed by atoms with Crippen LogP contribution >= 0.6 is 11.3 Å². The Morgan fingerprint density at radius 2 is 1.78 bits per heavy atom. The SMILES string of the molecule is C[C@@H](O)c1cccc(-c2ccn(-c3cc(N4CCOCC4)c4sc(CN5CCOCC5)cc4n3)n2)c1. The molecule has 2 aliphatic rings. The van der Waals surface area contributed by atoms with E-state index in [1.165, 1.54) is 15.3 Å². The number of morpholine rings is 2. The molecule has 9 heteroatoms. The summed E-state index contributed by atoms with van der Waals surface area (Å²) in [4.78, 5) is 11.2. The fourth-order valence-corrected chi connectivity index (χ4v) is 6.00. The van der Waals surface area contributed by atoms with Crippen molar-refractivity contribution in [3.63, 3.8) is 0 Å². The van der Waals surface area contributed by atoms with E-state index in [1.807, 2.05) is 52.5 Å². The number of hydrogen-bond donors (Lipinski definition) is 1. The van der Waals surface area contributed by atoms with Crippen LogP contribution in [0.1, 0.15) is 23.5 Å². The Hall–Kier alpha value is -2.82. The van der Waals surface area contributed by atoms with Crippen LogP contribution in [0.4, 0.5) is 5.69 Å². The number of thiophene rings is 1. The van der Waals surface area contributed by atoms with E-state index in [9.17, 15) is 5.11 Å². The number of ether oxygens (including phenoxy) is 2. The number of anilines is 1. The smallest absolute Gasteiger partial charge is 0.156 e. The molecule has 0 amide bonds. The Bertz CT molecular complexity index is 1340. The van der Waals surface area contributed by atoms with Gasteiger partial charge >= 0.3 is 0 Å². The number of aromatic nitrogens is 3. The normalized spacial score (nSPS) is 18.1. The molecule has 0 spiro atoms. The molecule has 1 N–H and O–H groups in total. The molecule has 5 heterocycles. The largest absolute Gasteiger partial charge is 0.389 e. The van der Waals surface area contributed by atoms with E-state index in [2.05, 4.69) is 21.9 Å². The average molecular weight is 506 g/mol. The minimum atomic E-state index is -0.516. The molecule has 8 nitrogen and oxygen atoms in total. The summed E-state index contributed by atoms with van der Waals surface area (Å²) in [5, 5.41) is 14.8. The summed E-state index contributed by atoms with van der Waals surface area (Å²) in [6, 6.07) is 14.3. The van der Waals surface area contributed by atoms with Gasteiger partial charge in [-0.1, -0.05) is 18.2 Å². The fraction of sp³-hybridized carbons (Fsp3) is 0.407. The molecule has 0 radical (unpaired) electrons. The Kier molecular flexibility index (Phi) is 6.73. The number of aliphatic hydroxyl groups excluding tert-OH is 1. The standard InChI is InChI=1S/C27H31N5O3S/c1-19(33)20-3-2-4-21(15-20)23-5-6-32(29-23)26-17-25(31-9-13-35-14-10-31)27-24(28-26)16-22(36-27)18-30-7-11-34-12-8-30/h2-6,15-17,19,33H,7-14,18H2,1H3/t19-/m1/s1. The number of nitrogens with zero attached hydrogens (tertiary/aromatic N) is 5. The van der Waals surface area contributed by atoms with Crippen LogP contribution in [-0.2, 0) is 16.0 Å². The van der Waals surface area contributed by atoms with Crippen molar-refractivity contribution in [2.75, 3.05) is 57.5 Å². The topological polar surface area (TPSA) is 75.9 Å². The summed E-state index contributed by atoms with van der Waals surface area (Å²) in [7, 11) is 0. The lowest BCUT2D eigenvalue weighted by atomic mass is 10.1. The molecule has 0 saturated carbocycles. The van der Waals surface area contributed by atoms with E-state index >= 15 is 0 Å². The molecule has 36 heavy (non-hydrogen) atoms. The zero-order chi connectivity index (χ0) is 24.5. The lowest BCUT2D eigenvalue weighted by molar-refractivity contribution is 0.0346. The molecule has 2 aliphatic heterocycles. The molecule has 0 unspecified atom stereocenters. The van der Waals surface area contributed by atoms with Crippen molar-refractivity contribution in [2.24, 2.45) is 0 Å². The molecule has 3 aromatic heterocycles. The van der Waals surface area contributed by atoms with Crippen LogP contribution in [0.3, 0.4) is 0 Å². The number of pyridine rings is 1. The first kappa shape index (κ1) is 23.6. The highest BCUT2D eigenvalue weighted by atomic mass is 32.1. The third-order valence-electron chi connectivity index (χ3n) is 6.82. The summed E-state index contributed by atoms with van der Waals surface area (Å²) in [6.45, 7) is 9.43. The molecule has 0 aliphatic carbocycles. The highest BCUT2D eigenvalue weighted by Crippen LogP contribution is 2.36.